The minimum atomic E-state index is 0.691. The number of rotatable bonds is 4. The van der Waals surface area contributed by atoms with Crippen molar-refractivity contribution in [3.63, 3.8) is 0 Å². The average Bonchev–Trinajstić information content (AvgIpc) is 2.39. The molecule has 6 heteroatoms. The first kappa shape index (κ1) is 12.6. The van der Waals surface area contributed by atoms with Crippen LogP contribution in [-0.4, -0.2) is 42.8 Å². The summed E-state index contributed by atoms with van der Waals surface area (Å²) in [5, 5.41) is 3.20. The Morgan fingerprint density at radius 3 is 2.94 bits per heavy atom. The number of halogens is 1. The molecule has 1 saturated heterocycles. The van der Waals surface area contributed by atoms with Gasteiger partial charge in [-0.2, -0.15) is 4.98 Å². The number of hydrogen-bond donors (Lipinski definition) is 1. The fourth-order valence-corrected chi connectivity index (χ4v) is 2.12. The van der Waals surface area contributed by atoms with Crippen LogP contribution in [0.15, 0.2) is 10.7 Å². The largest absolute Gasteiger partial charge is 0.378 e. The van der Waals surface area contributed by atoms with Crippen molar-refractivity contribution in [2.45, 2.75) is 13.3 Å². The zero-order chi connectivity index (χ0) is 12.1. The molecule has 0 radical (unpaired) electrons. The molecule has 0 aliphatic carbocycles. The van der Waals surface area contributed by atoms with Crippen LogP contribution < -0.4 is 10.2 Å². The molecule has 0 saturated carbocycles. The van der Waals surface area contributed by atoms with E-state index in [1.54, 1.807) is 6.20 Å². The molecule has 0 spiro atoms. The van der Waals surface area contributed by atoms with Gasteiger partial charge < -0.3 is 15.0 Å². The van der Waals surface area contributed by atoms with Crippen molar-refractivity contribution in [2.24, 2.45) is 0 Å². The van der Waals surface area contributed by atoms with E-state index in [1.807, 2.05) is 0 Å². The van der Waals surface area contributed by atoms with Crippen LogP contribution in [0.4, 0.5) is 11.8 Å². The van der Waals surface area contributed by atoms with Crippen LogP contribution >= 0.6 is 15.9 Å². The van der Waals surface area contributed by atoms with Gasteiger partial charge in [0.1, 0.15) is 5.82 Å². The SMILES string of the molecule is CCCNc1ncc(Br)c(N2CCOCC2)n1. The molecule has 94 valence electrons. The predicted octanol–water partition coefficient (Wildman–Crippen LogP) is 1.90. The minimum Gasteiger partial charge on any atom is -0.378 e. The van der Waals surface area contributed by atoms with Gasteiger partial charge in [-0.25, -0.2) is 4.98 Å². The van der Waals surface area contributed by atoms with Crippen molar-refractivity contribution in [2.75, 3.05) is 43.1 Å². The third kappa shape index (κ3) is 3.29. The lowest BCUT2D eigenvalue weighted by Crippen LogP contribution is -2.37. The van der Waals surface area contributed by atoms with Crippen LogP contribution in [-0.2, 0) is 4.74 Å². The van der Waals surface area contributed by atoms with Crippen molar-refractivity contribution in [3.05, 3.63) is 10.7 Å². The van der Waals surface area contributed by atoms with Crippen LogP contribution in [0, 0.1) is 0 Å². The lowest BCUT2D eigenvalue weighted by atomic mass is 10.4. The molecule has 0 bridgehead atoms. The van der Waals surface area contributed by atoms with Crippen molar-refractivity contribution in [3.8, 4) is 0 Å². The van der Waals surface area contributed by atoms with Crippen molar-refractivity contribution < 1.29 is 4.74 Å². The third-order valence-corrected chi connectivity index (χ3v) is 3.13. The Hall–Kier alpha value is -0.880. The first-order chi connectivity index (χ1) is 8.31. The molecule has 1 fully saturated rings. The van der Waals surface area contributed by atoms with Crippen molar-refractivity contribution in [1.29, 1.82) is 0 Å². The molecule has 1 aromatic rings. The molecule has 1 N–H and O–H groups in total. The van der Waals surface area contributed by atoms with Crippen LogP contribution in [0.5, 0.6) is 0 Å². The maximum Gasteiger partial charge on any atom is 0.224 e. The summed E-state index contributed by atoms with van der Waals surface area (Å²) in [6.45, 7) is 6.28. The van der Waals surface area contributed by atoms with Gasteiger partial charge in [-0.1, -0.05) is 6.92 Å². The number of nitrogens with one attached hydrogen (secondary N) is 1. The van der Waals surface area contributed by atoms with Gasteiger partial charge in [0, 0.05) is 25.8 Å². The standard InChI is InChI=1S/C11H17BrN4O/c1-2-3-13-11-14-8-9(12)10(15-11)16-4-6-17-7-5-16/h8H,2-7H2,1H3,(H,13,14,15). The zero-order valence-corrected chi connectivity index (χ0v) is 11.5. The molecule has 0 unspecified atom stereocenters. The molecule has 2 rings (SSSR count). The van der Waals surface area contributed by atoms with Crippen LogP contribution in [0.25, 0.3) is 0 Å². The van der Waals surface area contributed by atoms with E-state index in [1.165, 1.54) is 0 Å². The summed E-state index contributed by atoms with van der Waals surface area (Å²) in [4.78, 5) is 11.0. The summed E-state index contributed by atoms with van der Waals surface area (Å²) in [7, 11) is 0. The van der Waals surface area contributed by atoms with Gasteiger partial charge in [-0.15, -0.1) is 0 Å². The highest BCUT2D eigenvalue weighted by Crippen LogP contribution is 2.24. The van der Waals surface area contributed by atoms with E-state index in [0.717, 1.165) is 49.6 Å². The second-order valence-corrected chi connectivity index (χ2v) is 4.75. The Morgan fingerprint density at radius 1 is 1.47 bits per heavy atom. The normalized spacial score (nSPS) is 16.0. The zero-order valence-electron chi connectivity index (χ0n) is 9.95. The summed E-state index contributed by atoms with van der Waals surface area (Å²) in [6.07, 6.45) is 2.86. The Bertz CT molecular complexity index is 368. The van der Waals surface area contributed by atoms with E-state index in [0.29, 0.717) is 5.95 Å². The van der Waals surface area contributed by atoms with E-state index in [2.05, 4.69) is 43.0 Å². The molecule has 5 nitrogen and oxygen atoms in total. The van der Waals surface area contributed by atoms with Crippen molar-refractivity contribution >= 4 is 27.7 Å². The Labute approximate surface area is 110 Å². The average molecular weight is 301 g/mol. The predicted molar refractivity (Wildman–Crippen MR) is 71.5 cm³/mol. The highest BCUT2D eigenvalue weighted by molar-refractivity contribution is 9.10. The minimum absolute atomic E-state index is 0.691. The molecular weight excluding hydrogens is 284 g/mol. The van der Waals surface area contributed by atoms with Gasteiger partial charge >= 0.3 is 0 Å². The second-order valence-electron chi connectivity index (χ2n) is 3.89. The quantitative estimate of drug-likeness (QED) is 0.920. The molecule has 2 heterocycles. The Kier molecular flexibility index (Phi) is 4.56. The Balaban J connectivity index is 2.13. The van der Waals surface area contributed by atoms with Gasteiger partial charge in [0.05, 0.1) is 17.7 Å². The summed E-state index contributed by atoms with van der Waals surface area (Å²) >= 11 is 3.50. The van der Waals surface area contributed by atoms with Crippen LogP contribution in [0.2, 0.25) is 0 Å². The van der Waals surface area contributed by atoms with E-state index >= 15 is 0 Å². The topological polar surface area (TPSA) is 50.3 Å². The van der Waals surface area contributed by atoms with Gasteiger partial charge in [0.15, 0.2) is 0 Å². The van der Waals surface area contributed by atoms with Gasteiger partial charge in [-0.3, -0.25) is 0 Å². The molecule has 1 aromatic heterocycles. The number of morpholine rings is 1. The fraction of sp³-hybridized carbons (Fsp3) is 0.636. The molecule has 1 aliphatic rings. The van der Waals surface area contributed by atoms with E-state index in [-0.39, 0.29) is 0 Å². The third-order valence-electron chi connectivity index (χ3n) is 2.57. The van der Waals surface area contributed by atoms with Crippen LogP contribution in [0.3, 0.4) is 0 Å². The smallest absolute Gasteiger partial charge is 0.224 e. The number of anilines is 2. The van der Waals surface area contributed by atoms with Crippen molar-refractivity contribution in [1.82, 2.24) is 9.97 Å². The Morgan fingerprint density at radius 2 is 2.24 bits per heavy atom. The van der Waals surface area contributed by atoms with E-state index in [4.69, 9.17) is 4.74 Å². The number of nitrogens with zero attached hydrogens (tertiary/aromatic N) is 3. The molecule has 0 atom stereocenters. The highest BCUT2D eigenvalue weighted by Gasteiger charge is 2.16. The molecular formula is C11H17BrN4O. The van der Waals surface area contributed by atoms with E-state index < -0.39 is 0 Å². The number of aromatic nitrogens is 2. The van der Waals surface area contributed by atoms with Gasteiger partial charge in [0.25, 0.3) is 0 Å². The first-order valence-corrected chi connectivity index (χ1v) is 6.69. The van der Waals surface area contributed by atoms with Gasteiger partial charge in [0.2, 0.25) is 5.95 Å². The lowest BCUT2D eigenvalue weighted by Gasteiger charge is -2.28. The lowest BCUT2D eigenvalue weighted by molar-refractivity contribution is 0.122. The first-order valence-electron chi connectivity index (χ1n) is 5.90. The molecule has 1 aliphatic heterocycles. The van der Waals surface area contributed by atoms with Crippen LogP contribution in [0.1, 0.15) is 13.3 Å². The number of hydrogen-bond acceptors (Lipinski definition) is 5. The monoisotopic (exact) mass is 300 g/mol. The maximum absolute atomic E-state index is 5.34. The van der Waals surface area contributed by atoms with E-state index in [9.17, 15) is 0 Å². The highest BCUT2D eigenvalue weighted by atomic mass is 79.9. The summed E-state index contributed by atoms with van der Waals surface area (Å²) in [6, 6.07) is 0. The molecule has 17 heavy (non-hydrogen) atoms. The maximum atomic E-state index is 5.34. The summed E-state index contributed by atoms with van der Waals surface area (Å²) < 4.78 is 6.27. The summed E-state index contributed by atoms with van der Waals surface area (Å²) in [5.41, 5.74) is 0. The fourth-order valence-electron chi connectivity index (χ4n) is 1.68. The molecule has 0 aromatic carbocycles. The second kappa shape index (κ2) is 6.16. The number of ether oxygens (including phenoxy) is 1. The molecule has 0 amide bonds. The van der Waals surface area contributed by atoms with Gasteiger partial charge in [-0.05, 0) is 22.4 Å². The summed E-state index contributed by atoms with van der Waals surface area (Å²) in [5.74, 6) is 1.64.